The first kappa shape index (κ1) is 27.6. The van der Waals surface area contributed by atoms with E-state index >= 15 is 0 Å². The minimum absolute atomic E-state index is 0.00865. The predicted molar refractivity (Wildman–Crippen MR) is 161 cm³/mol. The molecule has 3 aromatic heterocycles. The van der Waals surface area contributed by atoms with Crippen molar-refractivity contribution in [3.05, 3.63) is 130 Å². The molecular weight excluding hydrogens is 596 g/mol. The van der Waals surface area contributed by atoms with Crippen LogP contribution in [0.3, 0.4) is 0 Å². The molecule has 0 saturated heterocycles. The first-order valence-electron chi connectivity index (χ1n) is 12.8. The fourth-order valence-corrected chi connectivity index (χ4v) is 6.78. The van der Waals surface area contributed by atoms with Crippen LogP contribution in [0.1, 0.15) is 39.5 Å². The van der Waals surface area contributed by atoms with Crippen LogP contribution in [0.2, 0.25) is 5.02 Å². The van der Waals surface area contributed by atoms with E-state index in [0.717, 1.165) is 10.4 Å². The van der Waals surface area contributed by atoms with E-state index in [4.69, 9.17) is 25.7 Å². The van der Waals surface area contributed by atoms with Crippen LogP contribution in [0, 0.1) is 0 Å². The summed E-state index contributed by atoms with van der Waals surface area (Å²) in [4.78, 5) is 44.7. The smallest absolute Gasteiger partial charge is 0.338 e. The second-order valence-corrected chi connectivity index (χ2v) is 11.5. The molecule has 1 aliphatic rings. The van der Waals surface area contributed by atoms with E-state index in [1.54, 1.807) is 31.2 Å². The van der Waals surface area contributed by atoms with Gasteiger partial charge >= 0.3 is 11.9 Å². The number of hydrogen-bond acceptors (Lipinski definition) is 8. The van der Waals surface area contributed by atoms with Crippen molar-refractivity contribution in [3.63, 3.8) is 0 Å². The molecule has 5 aromatic rings. The Hall–Kier alpha value is -4.51. The van der Waals surface area contributed by atoms with Crippen LogP contribution in [0.25, 0.3) is 23.1 Å². The zero-order valence-electron chi connectivity index (χ0n) is 21.9. The number of thiophene rings is 1. The average molecular weight is 617 g/mol. The highest BCUT2D eigenvalue weighted by atomic mass is 35.5. The number of nitrogens with zero attached hydrogens (tertiary/aromatic N) is 2. The number of carboxylic acid groups (broad SMARTS) is 1. The molecule has 6 rings (SSSR count). The molecule has 0 fully saturated rings. The molecule has 8 nitrogen and oxygen atoms in total. The number of ether oxygens (including phenoxy) is 1. The lowest BCUT2D eigenvalue weighted by Crippen LogP contribution is -2.39. The number of furan rings is 1. The molecular formula is C31H21ClN2O6S2. The summed E-state index contributed by atoms with van der Waals surface area (Å²) in [6.45, 7) is 1.92. The van der Waals surface area contributed by atoms with Crippen molar-refractivity contribution in [2.45, 2.75) is 13.0 Å². The Bertz CT molecular complexity index is 2040. The second-order valence-electron chi connectivity index (χ2n) is 9.15. The van der Waals surface area contributed by atoms with Gasteiger partial charge in [0.2, 0.25) is 0 Å². The number of thiazole rings is 1. The maximum atomic E-state index is 13.9. The normalized spacial score (nSPS) is 14.9. The summed E-state index contributed by atoms with van der Waals surface area (Å²) >= 11 is 8.77. The van der Waals surface area contributed by atoms with E-state index in [9.17, 15) is 19.5 Å². The molecule has 2 aromatic carbocycles. The van der Waals surface area contributed by atoms with E-state index in [-0.39, 0.29) is 22.8 Å². The minimum Gasteiger partial charge on any atom is -0.478 e. The Morgan fingerprint density at radius 1 is 1.10 bits per heavy atom. The first-order chi connectivity index (χ1) is 20.4. The van der Waals surface area contributed by atoms with Crippen LogP contribution in [0.4, 0.5) is 0 Å². The quantitative estimate of drug-likeness (QED) is 0.238. The van der Waals surface area contributed by atoms with Gasteiger partial charge in [-0.1, -0.05) is 65.4 Å². The molecule has 0 unspecified atom stereocenters. The number of carbonyl (C=O) groups is 2. The second kappa shape index (κ2) is 11.4. The molecule has 0 spiro atoms. The molecule has 0 saturated carbocycles. The van der Waals surface area contributed by atoms with Crippen LogP contribution in [0.15, 0.2) is 98.0 Å². The van der Waals surface area contributed by atoms with E-state index in [1.165, 1.54) is 39.4 Å². The standard InChI is InChI=1S/C31H21ClN2O6S2/c1-2-39-30(38)25-26(17-7-4-3-5-8-17)33-31-34(27(25)23-9-6-14-41-23)28(35)24(42-31)16-19-11-13-22(40-19)18-10-12-20(29(36)37)21(32)15-18/h3-16,27H,2H2,1H3,(H,36,37)/b24-16-/t27-/m0/s1. The summed E-state index contributed by atoms with van der Waals surface area (Å²) in [6.07, 6.45) is 1.63. The summed E-state index contributed by atoms with van der Waals surface area (Å²) in [6, 6.07) is 20.4. The zero-order valence-corrected chi connectivity index (χ0v) is 24.3. The number of aromatic carboxylic acids is 1. The van der Waals surface area contributed by atoms with Gasteiger partial charge in [-0.25, -0.2) is 14.6 Å². The summed E-state index contributed by atoms with van der Waals surface area (Å²) in [7, 11) is 0. The topological polar surface area (TPSA) is 111 Å². The molecule has 11 heteroatoms. The largest absolute Gasteiger partial charge is 0.478 e. The lowest BCUT2D eigenvalue weighted by atomic mass is 9.97. The van der Waals surface area contributed by atoms with Gasteiger partial charge in [-0.2, -0.15) is 0 Å². The number of fused-ring (bicyclic) bond motifs is 1. The Balaban J connectivity index is 1.50. The number of hydrogen-bond donors (Lipinski definition) is 1. The van der Waals surface area contributed by atoms with E-state index in [2.05, 4.69) is 0 Å². The van der Waals surface area contributed by atoms with E-state index in [0.29, 0.717) is 37.7 Å². The third kappa shape index (κ3) is 5.04. The van der Waals surface area contributed by atoms with Crippen molar-refractivity contribution in [3.8, 4) is 11.3 Å². The van der Waals surface area contributed by atoms with Gasteiger partial charge in [-0.15, -0.1) is 11.3 Å². The number of halogens is 1. The van der Waals surface area contributed by atoms with Gasteiger partial charge in [0.05, 0.1) is 33.0 Å². The maximum absolute atomic E-state index is 13.9. The highest BCUT2D eigenvalue weighted by molar-refractivity contribution is 7.10. The van der Waals surface area contributed by atoms with Crippen molar-refractivity contribution in [1.82, 2.24) is 4.57 Å². The molecule has 1 N–H and O–H groups in total. The fourth-order valence-electron chi connectivity index (χ4n) is 4.71. The van der Waals surface area contributed by atoms with E-state index in [1.807, 2.05) is 47.8 Å². The number of benzene rings is 2. The highest BCUT2D eigenvalue weighted by Gasteiger charge is 2.35. The van der Waals surface area contributed by atoms with Crippen LogP contribution in [0.5, 0.6) is 0 Å². The molecule has 210 valence electrons. The molecule has 0 bridgehead atoms. The molecule has 0 amide bonds. The highest BCUT2D eigenvalue weighted by Crippen LogP contribution is 2.37. The van der Waals surface area contributed by atoms with Gasteiger partial charge in [-0.3, -0.25) is 9.36 Å². The molecule has 0 aliphatic carbocycles. The summed E-state index contributed by atoms with van der Waals surface area (Å²) in [5, 5.41) is 11.2. The van der Waals surface area contributed by atoms with Crippen molar-refractivity contribution in [1.29, 1.82) is 0 Å². The van der Waals surface area contributed by atoms with Crippen LogP contribution in [-0.4, -0.2) is 28.2 Å². The number of aromatic nitrogens is 1. The van der Waals surface area contributed by atoms with Crippen LogP contribution >= 0.6 is 34.3 Å². The number of carbonyl (C=O) groups excluding carboxylic acids is 1. The number of carboxylic acids is 1. The Morgan fingerprint density at radius 3 is 2.60 bits per heavy atom. The van der Waals surface area contributed by atoms with Gasteiger partial charge in [-0.05, 0) is 42.6 Å². The van der Waals surface area contributed by atoms with Gasteiger partial charge in [0.15, 0.2) is 4.80 Å². The van der Waals surface area contributed by atoms with Gasteiger partial charge in [0.25, 0.3) is 5.56 Å². The van der Waals surface area contributed by atoms with Crippen LogP contribution < -0.4 is 14.9 Å². The molecule has 42 heavy (non-hydrogen) atoms. The number of esters is 1. The maximum Gasteiger partial charge on any atom is 0.338 e. The van der Waals surface area contributed by atoms with Crippen molar-refractivity contribution >= 4 is 58.0 Å². The van der Waals surface area contributed by atoms with Crippen molar-refractivity contribution in [2.24, 2.45) is 4.99 Å². The summed E-state index contributed by atoms with van der Waals surface area (Å²) in [5.41, 5.74) is 1.76. The van der Waals surface area contributed by atoms with Crippen LogP contribution in [-0.2, 0) is 9.53 Å². The Labute approximate surface area is 251 Å². The summed E-state index contributed by atoms with van der Waals surface area (Å²) < 4.78 is 13.3. The minimum atomic E-state index is -1.12. The van der Waals surface area contributed by atoms with Gasteiger partial charge in [0.1, 0.15) is 17.6 Å². The van der Waals surface area contributed by atoms with Crippen molar-refractivity contribution in [2.75, 3.05) is 6.61 Å². The molecule has 4 heterocycles. The third-order valence-corrected chi connectivity index (χ3v) is 8.79. The third-order valence-electron chi connectivity index (χ3n) is 6.57. The van der Waals surface area contributed by atoms with Gasteiger partial charge in [0, 0.05) is 22.1 Å². The SMILES string of the molecule is CCOC(=O)C1=C(c2ccccc2)N=c2s/c(=C\c3ccc(-c4ccc(C(=O)O)c(Cl)c4)o3)c(=O)n2[C@H]1c1cccs1. The first-order valence-corrected chi connectivity index (χ1v) is 14.9. The number of rotatable bonds is 7. The zero-order chi connectivity index (χ0) is 29.4. The Morgan fingerprint density at radius 2 is 1.90 bits per heavy atom. The predicted octanol–water partition coefficient (Wildman–Crippen LogP) is 5.61. The monoisotopic (exact) mass is 616 g/mol. The van der Waals surface area contributed by atoms with Gasteiger partial charge < -0.3 is 14.3 Å². The molecule has 0 radical (unpaired) electrons. The summed E-state index contributed by atoms with van der Waals surface area (Å²) in [5.74, 6) is -0.782. The Kier molecular flexibility index (Phi) is 7.51. The molecule has 1 atom stereocenters. The molecule has 1 aliphatic heterocycles. The lowest BCUT2D eigenvalue weighted by molar-refractivity contribution is -0.138. The van der Waals surface area contributed by atoms with Crippen molar-refractivity contribution < 1.29 is 23.8 Å². The average Bonchev–Trinajstić information content (AvgIpc) is 3.74. The lowest BCUT2D eigenvalue weighted by Gasteiger charge is -2.24. The van der Waals surface area contributed by atoms with E-state index < -0.39 is 18.0 Å². The fraction of sp³-hybridized carbons (Fsp3) is 0.0968.